The molecule has 4 heterocycles. The van der Waals surface area contributed by atoms with E-state index in [2.05, 4.69) is 25.6 Å². The van der Waals surface area contributed by atoms with Crippen molar-refractivity contribution in [2.75, 3.05) is 46.3 Å². The highest BCUT2D eigenvalue weighted by atomic mass is 32.2. The predicted molar refractivity (Wildman–Crippen MR) is 194 cm³/mol. The molecular formula is C36H40N8O6S. The van der Waals surface area contributed by atoms with Gasteiger partial charge in [0, 0.05) is 61.6 Å². The maximum Gasteiger partial charge on any atom is 0.331 e. The molecular weight excluding hydrogens is 673 g/mol. The number of pyridine rings is 1. The third-order valence-electron chi connectivity index (χ3n) is 8.92. The van der Waals surface area contributed by atoms with Crippen LogP contribution in [0.4, 0.5) is 33.8 Å². The van der Waals surface area contributed by atoms with Crippen LogP contribution in [0.2, 0.25) is 0 Å². The Morgan fingerprint density at radius 3 is 2.33 bits per heavy atom. The van der Waals surface area contributed by atoms with Crippen molar-refractivity contribution in [1.82, 2.24) is 19.9 Å². The molecule has 1 unspecified atom stereocenters. The second-order valence-corrected chi connectivity index (χ2v) is 15.2. The van der Waals surface area contributed by atoms with Crippen molar-refractivity contribution < 1.29 is 27.5 Å². The number of amides is 4. The summed E-state index contributed by atoms with van der Waals surface area (Å²) in [6.07, 6.45) is 5.66. The molecule has 0 radical (unpaired) electrons. The standard InChI is InChI=1S/C36H40N8O6S/c1-23(2)43-22-29(34(46)44(36(43)47)26-8-6-5-7-9-26)33(45)39-25-10-12-27(13-11-25)50-30-20-32(38-21-24(30)3)40-31-14-17-37-35(41-31)42-18-15-28(16-19-42)51(4,48)49/h5-14,17,20-21,23,28-29H,15-16,18-19,22H2,1-4H3,(H,39,45)(H,37,38,40,41). The van der Waals surface area contributed by atoms with Crippen molar-refractivity contribution in [1.29, 1.82) is 0 Å². The van der Waals surface area contributed by atoms with Gasteiger partial charge in [0.15, 0.2) is 0 Å². The minimum atomic E-state index is -3.08. The molecule has 4 aromatic rings. The lowest BCUT2D eigenvalue weighted by molar-refractivity contribution is -0.132. The number of hydrogen-bond donors (Lipinski definition) is 2. The van der Waals surface area contributed by atoms with Gasteiger partial charge in [-0.2, -0.15) is 4.98 Å². The Morgan fingerprint density at radius 1 is 0.961 bits per heavy atom. The van der Waals surface area contributed by atoms with E-state index in [1.165, 1.54) is 11.2 Å². The number of hydrogen-bond acceptors (Lipinski definition) is 11. The van der Waals surface area contributed by atoms with E-state index in [4.69, 9.17) is 4.74 Å². The number of anilines is 5. The number of aryl methyl sites for hydroxylation is 1. The van der Waals surface area contributed by atoms with E-state index < -0.39 is 33.6 Å². The number of nitrogens with one attached hydrogen (secondary N) is 2. The highest BCUT2D eigenvalue weighted by Crippen LogP contribution is 2.30. The number of rotatable bonds is 10. The van der Waals surface area contributed by atoms with Gasteiger partial charge in [0.2, 0.25) is 17.8 Å². The van der Waals surface area contributed by atoms with Crippen molar-refractivity contribution in [2.45, 2.75) is 44.9 Å². The zero-order valence-electron chi connectivity index (χ0n) is 28.8. The number of aromatic nitrogens is 3. The van der Waals surface area contributed by atoms with Crippen LogP contribution in [0, 0.1) is 12.8 Å². The Labute approximate surface area is 296 Å². The molecule has 0 aliphatic carbocycles. The second-order valence-electron chi connectivity index (χ2n) is 12.9. The SMILES string of the molecule is Cc1cnc(Nc2ccnc(N3CCC(S(C)(=O)=O)CC3)n2)cc1Oc1ccc(NC(=O)C2CN(C(C)C)C(=O)N(c3ccccc3)C2=O)cc1. The van der Waals surface area contributed by atoms with Crippen LogP contribution in [0.3, 0.4) is 0 Å². The number of benzene rings is 2. The Bertz CT molecular complexity index is 2020. The fourth-order valence-electron chi connectivity index (χ4n) is 6.00. The number of nitrogens with zero attached hydrogens (tertiary/aromatic N) is 6. The van der Waals surface area contributed by atoms with Crippen molar-refractivity contribution in [3.8, 4) is 11.5 Å². The van der Waals surface area contributed by atoms with Crippen LogP contribution in [-0.2, 0) is 19.4 Å². The van der Waals surface area contributed by atoms with Gasteiger partial charge in [-0.1, -0.05) is 18.2 Å². The molecule has 14 nitrogen and oxygen atoms in total. The maximum absolute atomic E-state index is 13.5. The topological polar surface area (TPSA) is 167 Å². The van der Waals surface area contributed by atoms with Gasteiger partial charge in [-0.05, 0) is 76.1 Å². The van der Waals surface area contributed by atoms with E-state index in [-0.39, 0.29) is 17.8 Å². The van der Waals surface area contributed by atoms with Gasteiger partial charge in [-0.25, -0.2) is 28.1 Å². The average molecular weight is 713 g/mol. The smallest absolute Gasteiger partial charge is 0.331 e. The first-order valence-corrected chi connectivity index (χ1v) is 18.6. The molecule has 6 rings (SSSR count). The van der Waals surface area contributed by atoms with Crippen LogP contribution in [0.15, 0.2) is 79.1 Å². The summed E-state index contributed by atoms with van der Waals surface area (Å²) in [4.78, 5) is 58.1. The summed E-state index contributed by atoms with van der Waals surface area (Å²) in [5.74, 6) is 0.404. The molecule has 51 heavy (non-hydrogen) atoms. The number of sulfone groups is 1. The van der Waals surface area contributed by atoms with Crippen molar-refractivity contribution in [3.63, 3.8) is 0 Å². The minimum absolute atomic E-state index is 0.0240. The Morgan fingerprint density at radius 2 is 1.67 bits per heavy atom. The predicted octanol–water partition coefficient (Wildman–Crippen LogP) is 5.16. The summed E-state index contributed by atoms with van der Waals surface area (Å²) in [7, 11) is -3.08. The van der Waals surface area contributed by atoms with Crippen molar-refractivity contribution in [3.05, 3.63) is 84.7 Å². The van der Waals surface area contributed by atoms with Gasteiger partial charge in [0.25, 0.3) is 0 Å². The zero-order chi connectivity index (χ0) is 36.3. The van der Waals surface area contributed by atoms with Gasteiger partial charge in [-0.3, -0.25) is 9.59 Å². The van der Waals surface area contributed by atoms with Gasteiger partial charge in [-0.15, -0.1) is 0 Å². The molecule has 15 heteroatoms. The van der Waals surface area contributed by atoms with Crippen LogP contribution in [-0.4, -0.2) is 83.3 Å². The largest absolute Gasteiger partial charge is 0.457 e. The summed E-state index contributed by atoms with van der Waals surface area (Å²) in [6, 6.07) is 18.2. The molecule has 0 spiro atoms. The first-order chi connectivity index (χ1) is 24.4. The molecule has 2 fully saturated rings. The lowest BCUT2D eigenvalue weighted by atomic mass is 10.0. The monoisotopic (exact) mass is 712 g/mol. The van der Waals surface area contributed by atoms with E-state index in [0.29, 0.717) is 66.4 Å². The van der Waals surface area contributed by atoms with Crippen molar-refractivity contribution >= 4 is 56.6 Å². The molecule has 2 aliphatic rings. The van der Waals surface area contributed by atoms with Crippen molar-refractivity contribution in [2.24, 2.45) is 5.92 Å². The summed E-state index contributed by atoms with van der Waals surface area (Å²) < 4.78 is 30.0. The summed E-state index contributed by atoms with van der Waals surface area (Å²) >= 11 is 0. The number of urea groups is 1. The number of ether oxygens (including phenoxy) is 1. The number of carbonyl (C=O) groups is 3. The van der Waals surface area contributed by atoms with E-state index in [1.54, 1.807) is 79.1 Å². The maximum atomic E-state index is 13.5. The van der Waals surface area contributed by atoms with Crippen LogP contribution in [0.1, 0.15) is 32.3 Å². The van der Waals surface area contributed by atoms with E-state index in [1.807, 2.05) is 25.7 Å². The fourth-order valence-corrected chi connectivity index (χ4v) is 7.07. The van der Waals surface area contributed by atoms with Gasteiger partial charge < -0.3 is 25.2 Å². The zero-order valence-corrected chi connectivity index (χ0v) is 29.6. The van der Waals surface area contributed by atoms with E-state index in [9.17, 15) is 22.8 Å². The Balaban J connectivity index is 1.10. The first kappa shape index (κ1) is 35.3. The molecule has 2 aromatic carbocycles. The Kier molecular flexibility index (Phi) is 10.2. The van der Waals surface area contributed by atoms with Gasteiger partial charge in [0.1, 0.15) is 38.9 Å². The number of piperidine rings is 1. The lowest BCUT2D eigenvalue weighted by Gasteiger charge is -2.39. The summed E-state index contributed by atoms with van der Waals surface area (Å²) in [5, 5.41) is 5.67. The molecule has 266 valence electrons. The van der Waals surface area contributed by atoms with Crippen LogP contribution >= 0.6 is 0 Å². The van der Waals surface area contributed by atoms with Crippen LogP contribution < -0.4 is 25.2 Å². The van der Waals surface area contributed by atoms with Crippen LogP contribution in [0.25, 0.3) is 0 Å². The summed E-state index contributed by atoms with van der Waals surface area (Å²) in [5.41, 5.74) is 1.67. The minimum Gasteiger partial charge on any atom is -0.457 e. The third-order valence-corrected chi connectivity index (χ3v) is 10.6. The number of imide groups is 1. The Hall–Kier alpha value is -5.57. The average Bonchev–Trinajstić information content (AvgIpc) is 3.11. The van der Waals surface area contributed by atoms with Gasteiger partial charge in [0.05, 0.1) is 10.9 Å². The molecule has 2 N–H and O–H groups in total. The lowest BCUT2D eigenvalue weighted by Crippen LogP contribution is -2.61. The first-order valence-electron chi connectivity index (χ1n) is 16.7. The fraction of sp³-hybridized carbons (Fsp3) is 0.333. The van der Waals surface area contributed by atoms with E-state index in [0.717, 1.165) is 10.5 Å². The highest BCUT2D eigenvalue weighted by Gasteiger charge is 2.44. The molecule has 0 bridgehead atoms. The quantitative estimate of drug-likeness (QED) is 0.209. The molecule has 2 aromatic heterocycles. The third kappa shape index (κ3) is 8.09. The van der Waals surface area contributed by atoms with Gasteiger partial charge >= 0.3 is 6.03 Å². The normalized spacial score (nSPS) is 17.1. The van der Waals surface area contributed by atoms with E-state index >= 15 is 0 Å². The molecule has 0 saturated carbocycles. The number of para-hydroxylation sites is 1. The van der Waals surface area contributed by atoms with Crippen LogP contribution in [0.5, 0.6) is 11.5 Å². The second kappa shape index (κ2) is 14.7. The molecule has 2 aliphatic heterocycles. The molecule has 4 amide bonds. The highest BCUT2D eigenvalue weighted by molar-refractivity contribution is 7.91. The molecule has 1 atom stereocenters. The number of carbonyl (C=O) groups excluding carboxylic acids is 3. The summed E-state index contributed by atoms with van der Waals surface area (Å²) in [6.45, 7) is 6.63. The molecule has 2 saturated heterocycles.